The second kappa shape index (κ2) is 9.70. The third kappa shape index (κ3) is 5.20. The molecule has 0 radical (unpaired) electrons. The molecule has 0 bridgehead atoms. The molecule has 2 aromatic carbocycles. The molecule has 0 spiro atoms. The average Bonchev–Trinajstić information content (AvgIpc) is 3.25. The van der Waals surface area contributed by atoms with Crippen molar-refractivity contribution in [3.05, 3.63) is 83.4 Å². The van der Waals surface area contributed by atoms with Gasteiger partial charge in [0.25, 0.3) is 0 Å². The number of thiazole rings is 1. The molecule has 0 atom stereocenters. The fourth-order valence-corrected chi connectivity index (χ4v) is 4.77. The van der Waals surface area contributed by atoms with Crippen molar-refractivity contribution in [2.45, 2.75) is 44.9 Å². The van der Waals surface area contributed by atoms with Crippen LogP contribution in [0.4, 0.5) is 5.13 Å². The Bertz CT molecular complexity index is 723. The molecule has 2 nitrogen and oxygen atoms in total. The molecule has 0 saturated heterocycles. The number of hydrogen-bond donors (Lipinski definition) is 1. The van der Waals surface area contributed by atoms with Crippen LogP contribution in [0.15, 0.2) is 72.2 Å². The predicted octanol–water partition coefficient (Wildman–Crippen LogP) is 6.97. The Balaban J connectivity index is 0.000000253. The third-order valence-electron chi connectivity index (χ3n) is 5.60. The number of nitrogens with zero attached hydrogens (tertiary/aromatic N) is 1. The van der Waals surface area contributed by atoms with Gasteiger partial charge < -0.3 is 5.32 Å². The Morgan fingerprint density at radius 3 is 1.85 bits per heavy atom. The zero-order chi connectivity index (χ0) is 19.0. The minimum atomic E-state index is 0.404. The first-order chi connectivity index (χ1) is 13.2. The second-order valence-electron chi connectivity index (χ2n) is 7.56. The van der Waals surface area contributed by atoms with Crippen molar-refractivity contribution in [1.29, 1.82) is 0 Å². The molecule has 3 heteroatoms. The van der Waals surface area contributed by atoms with Crippen molar-refractivity contribution in [2.75, 3.05) is 12.4 Å². The molecule has 1 fully saturated rings. The summed E-state index contributed by atoms with van der Waals surface area (Å²) in [6.45, 7) is 2.50. The van der Waals surface area contributed by atoms with E-state index in [0.717, 1.165) is 5.13 Å². The molecule has 1 aliphatic rings. The summed E-state index contributed by atoms with van der Waals surface area (Å²) in [5.74, 6) is 0.533. The van der Waals surface area contributed by atoms with Gasteiger partial charge in [-0.1, -0.05) is 86.8 Å². The van der Waals surface area contributed by atoms with Crippen LogP contribution >= 0.6 is 11.3 Å². The molecule has 0 amide bonds. The van der Waals surface area contributed by atoms with Crippen molar-refractivity contribution in [3.8, 4) is 0 Å². The Morgan fingerprint density at radius 2 is 1.44 bits per heavy atom. The van der Waals surface area contributed by atoms with E-state index in [1.54, 1.807) is 17.5 Å². The van der Waals surface area contributed by atoms with E-state index in [0.29, 0.717) is 11.3 Å². The highest BCUT2D eigenvalue weighted by atomic mass is 32.1. The van der Waals surface area contributed by atoms with Crippen LogP contribution in [0.5, 0.6) is 0 Å². The van der Waals surface area contributed by atoms with E-state index in [4.69, 9.17) is 0 Å². The number of benzene rings is 2. The summed E-state index contributed by atoms with van der Waals surface area (Å²) < 4.78 is 0. The first-order valence-electron chi connectivity index (χ1n) is 9.90. The molecule has 1 aromatic heterocycles. The van der Waals surface area contributed by atoms with Crippen molar-refractivity contribution >= 4 is 16.5 Å². The molecule has 1 N–H and O–H groups in total. The van der Waals surface area contributed by atoms with Gasteiger partial charge in [0.2, 0.25) is 0 Å². The molecule has 0 aliphatic heterocycles. The topological polar surface area (TPSA) is 24.9 Å². The maximum atomic E-state index is 3.94. The van der Waals surface area contributed by atoms with Gasteiger partial charge in [-0.25, -0.2) is 4.98 Å². The van der Waals surface area contributed by atoms with Gasteiger partial charge in [0, 0.05) is 24.5 Å². The molecule has 27 heavy (non-hydrogen) atoms. The van der Waals surface area contributed by atoms with Gasteiger partial charge in [0.1, 0.15) is 0 Å². The third-order valence-corrected chi connectivity index (χ3v) is 6.40. The zero-order valence-electron chi connectivity index (χ0n) is 16.4. The van der Waals surface area contributed by atoms with Crippen LogP contribution < -0.4 is 5.32 Å². The Morgan fingerprint density at radius 1 is 0.889 bits per heavy atom. The second-order valence-corrected chi connectivity index (χ2v) is 8.45. The van der Waals surface area contributed by atoms with E-state index in [2.05, 4.69) is 77.9 Å². The highest BCUT2D eigenvalue weighted by molar-refractivity contribution is 7.13. The van der Waals surface area contributed by atoms with Gasteiger partial charge in [-0.05, 0) is 29.4 Å². The molecule has 4 rings (SSSR count). The number of hydrogen-bond acceptors (Lipinski definition) is 3. The summed E-state index contributed by atoms with van der Waals surface area (Å²) in [7, 11) is 1.86. The minimum Gasteiger partial charge on any atom is -0.365 e. The monoisotopic (exact) mass is 378 g/mol. The van der Waals surface area contributed by atoms with Crippen LogP contribution in [0.25, 0.3) is 0 Å². The largest absolute Gasteiger partial charge is 0.365 e. The van der Waals surface area contributed by atoms with Crippen LogP contribution in [0.3, 0.4) is 0 Å². The average molecular weight is 379 g/mol. The fourth-order valence-electron chi connectivity index (χ4n) is 4.28. The van der Waals surface area contributed by atoms with Crippen LogP contribution in [0.1, 0.15) is 56.1 Å². The van der Waals surface area contributed by atoms with E-state index in [-0.39, 0.29) is 0 Å². The molecular formula is C24H30N2S. The van der Waals surface area contributed by atoms with Crippen LogP contribution in [0.2, 0.25) is 0 Å². The van der Waals surface area contributed by atoms with Crippen LogP contribution in [-0.4, -0.2) is 12.0 Å². The van der Waals surface area contributed by atoms with E-state index < -0.39 is 0 Å². The minimum absolute atomic E-state index is 0.404. The standard InChI is InChI=1S/C20H24.C4H6N2S/c1-20(15-9-4-10-16-20)19(17-11-5-2-6-12-17)18-13-7-3-8-14-18;1-5-4-6-2-3-7-4/h2-3,5-8,11-14,19H,4,9-10,15-16H2,1H3;2-3H,1H3,(H,5,6). The fraction of sp³-hybridized carbons (Fsp3) is 0.375. The van der Waals surface area contributed by atoms with Crippen molar-refractivity contribution < 1.29 is 0 Å². The van der Waals surface area contributed by atoms with Gasteiger partial charge in [-0.3, -0.25) is 0 Å². The normalized spacial score (nSPS) is 15.7. The summed E-state index contributed by atoms with van der Waals surface area (Å²) >= 11 is 1.60. The maximum Gasteiger partial charge on any atom is 0.182 e. The summed E-state index contributed by atoms with van der Waals surface area (Å²) in [5.41, 5.74) is 3.35. The molecular weight excluding hydrogens is 348 g/mol. The lowest BCUT2D eigenvalue weighted by Crippen LogP contribution is -2.29. The molecule has 1 aliphatic carbocycles. The van der Waals surface area contributed by atoms with Crippen molar-refractivity contribution in [1.82, 2.24) is 4.98 Å². The number of nitrogens with one attached hydrogen (secondary N) is 1. The van der Waals surface area contributed by atoms with Crippen LogP contribution in [-0.2, 0) is 0 Å². The number of anilines is 1. The SMILES string of the molecule is CC1(C(c2ccccc2)c2ccccc2)CCCCC1.CNc1nccs1. The lowest BCUT2D eigenvalue weighted by atomic mass is 9.63. The Hall–Kier alpha value is -2.13. The molecule has 1 heterocycles. The number of rotatable bonds is 4. The van der Waals surface area contributed by atoms with Crippen molar-refractivity contribution in [3.63, 3.8) is 0 Å². The van der Waals surface area contributed by atoms with Gasteiger partial charge >= 0.3 is 0 Å². The van der Waals surface area contributed by atoms with Crippen LogP contribution in [0, 0.1) is 5.41 Å². The zero-order valence-corrected chi connectivity index (χ0v) is 17.2. The maximum absolute atomic E-state index is 3.94. The Kier molecular flexibility index (Phi) is 7.05. The molecule has 142 valence electrons. The first kappa shape index (κ1) is 19.6. The predicted molar refractivity (Wildman–Crippen MR) is 118 cm³/mol. The quantitative estimate of drug-likeness (QED) is 0.530. The smallest absolute Gasteiger partial charge is 0.182 e. The van der Waals surface area contributed by atoms with E-state index >= 15 is 0 Å². The van der Waals surface area contributed by atoms with E-state index in [9.17, 15) is 0 Å². The van der Waals surface area contributed by atoms with E-state index in [1.165, 1.54) is 43.2 Å². The highest BCUT2D eigenvalue weighted by Crippen LogP contribution is 2.49. The summed E-state index contributed by atoms with van der Waals surface area (Å²) in [6.07, 6.45) is 8.64. The lowest BCUT2D eigenvalue weighted by Gasteiger charge is -2.41. The van der Waals surface area contributed by atoms with Gasteiger partial charge in [-0.2, -0.15) is 0 Å². The molecule has 0 unspecified atom stereocenters. The lowest BCUT2D eigenvalue weighted by molar-refractivity contribution is 0.187. The van der Waals surface area contributed by atoms with Crippen molar-refractivity contribution in [2.24, 2.45) is 5.41 Å². The van der Waals surface area contributed by atoms with Gasteiger partial charge in [0.15, 0.2) is 5.13 Å². The summed E-state index contributed by atoms with van der Waals surface area (Å²) in [6, 6.07) is 22.2. The number of aromatic nitrogens is 1. The summed E-state index contributed by atoms with van der Waals surface area (Å²) in [4.78, 5) is 3.94. The highest BCUT2D eigenvalue weighted by Gasteiger charge is 2.37. The first-order valence-corrected chi connectivity index (χ1v) is 10.8. The summed E-state index contributed by atoms with van der Waals surface area (Å²) in [5, 5.41) is 5.82. The molecule has 1 saturated carbocycles. The van der Waals surface area contributed by atoms with E-state index in [1.807, 2.05) is 12.4 Å². The Labute approximate surface area is 167 Å². The van der Waals surface area contributed by atoms with Gasteiger partial charge in [0.05, 0.1) is 0 Å². The van der Waals surface area contributed by atoms with Gasteiger partial charge in [-0.15, -0.1) is 11.3 Å². The molecule has 3 aromatic rings.